The molecule has 0 radical (unpaired) electrons. The second-order valence-corrected chi connectivity index (χ2v) is 4.36. The molecular formula is C12H18N2O2. The van der Waals surface area contributed by atoms with Crippen LogP contribution in [-0.4, -0.2) is 22.8 Å². The standard InChI is InChI=1S/C12H18N2O2/c1-13-11-6-3-7-14(12(11)16)9-4-2-5-10(15)8-9/h3,6-7,9-10,13,15H,2,4-5,8H2,1H3. The molecule has 0 bridgehead atoms. The van der Waals surface area contributed by atoms with Crippen LogP contribution in [0.25, 0.3) is 0 Å². The first-order valence-corrected chi connectivity index (χ1v) is 5.79. The van der Waals surface area contributed by atoms with E-state index in [0.717, 1.165) is 19.3 Å². The van der Waals surface area contributed by atoms with E-state index in [1.165, 1.54) is 0 Å². The fourth-order valence-electron chi connectivity index (χ4n) is 2.38. The third kappa shape index (κ3) is 2.11. The molecule has 1 aromatic rings. The van der Waals surface area contributed by atoms with Gasteiger partial charge in [0, 0.05) is 19.3 Å². The largest absolute Gasteiger partial charge is 0.393 e. The molecule has 4 heteroatoms. The minimum absolute atomic E-state index is 0.00380. The average molecular weight is 222 g/mol. The highest BCUT2D eigenvalue weighted by Crippen LogP contribution is 2.27. The number of hydrogen-bond donors (Lipinski definition) is 2. The maximum atomic E-state index is 12.0. The molecule has 1 fully saturated rings. The van der Waals surface area contributed by atoms with Crippen molar-refractivity contribution in [1.82, 2.24) is 4.57 Å². The van der Waals surface area contributed by atoms with Crippen molar-refractivity contribution in [2.45, 2.75) is 37.8 Å². The Balaban J connectivity index is 2.29. The SMILES string of the molecule is CNc1cccn(C2CCCC(O)C2)c1=O. The fourth-order valence-corrected chi connectivity index (χ4v) is 2.38. The molecule has 0 spiro atoms. The van der Waals surface area contributed by atoms with Gasteiger partial charge in [-0.2, -0.15) is 0 Å². The van der Waals surface area contributed by atoms with E-state index in [-0.39, 0.29) is 17.7 Å². The second kappa shape index (κ2) is 4.70. The van der Waals surface area contributed by atoms with Crippen LogP contribution in [0.1, 0.15) is 31.7 Å². The Morgan fingerprint density at radius 2 is 2.31 bits per heavy atom. The maximum Gasteiger partial charge on any atom is 0.274 e. The van der Waals surface area contributed by atoms with E-state index in [4.69, 9.17) is 0 Å². The summed E-state index contributed by atoms with van der Waals surface area (Å²) in [6, 6.07) is 3.79. The Morgan fingerprint density at radius 3 is 3.00 bits per heavy atom. The lowest BCUT2D eigenvalue weighted by Crippen LogP contribution is -2.30. The van der Waals surface area contributed by atoms with Gasteiger partial charge in [0.25, 0.3) is 5.56 Å². The van der Waals surface area contributed by atoms with Crippen molar-refractivity contribution in [2.75, 3.05) is 12.4 Å². The van der Waals surface area contributed by atoms with Gasteiger partial charge in [-0.1, -0.05) is 0 Å². The lowest BCUT2D eigenvalue weighted by molar-refractivity contribution is 0.103. The number of nitrogens with one attached hydrogen (secondary N) is 1. The Labute approximate surface area is 94.9 Å². The van der Waals surface area contributed by atoms with Gasteiger partial charge in [-0.25, -0.2) is 0 Å². The summed E-state index contributed by atoms with van der Waals surface area (Å²) in [5.74, 6) is 0. The van der Waals surface area contributed by atoms with Gasteiger partial charge >= 0.3 is 0 Å². The zero-order valence-electron chi connectivity index (χ0n) is 9.52. The van der Waals surface area contributed by atoms with Crippen molar-refractivity contribution < 1.29 is 5.11 Å². The van der Waals surface area contributed by atoms with Crippen LogP contribution in [0.3, 0.4) is 0 Å². The van der Waals surface area contributed by atoms with Crippen molar-refractivity contribution in [1.29, 1.82) is 0 Å². The topological polar surface area (TPSA) is 54.3 Å². The van der Waals surface area contributed by atoms with E-state index in [2.05, 4.69) is 5.32 Å². The molecule has 16 heavy (non-hydrogen) atoms. The number of hydrogen-bond acceptors (Lipinski definition) is 3. The zero-order valence-corrected chi connectivity index (χ0v) is 9.52. The molecule has 2 N–H and O–H groups in total. The third-order valence-corrected chi connectivity index (χ3v) is 3.26. The van der Waals surface area contributed by atoms with Crippen LogP contribution in [0.4, 0.5) is 5.69 Å². The van der Waals surface area contributed by atoms with Crippen LogP contribution in [-0.2, 0) is 0 Å². The van der Waals surface area contributed by atoms with Gasteiger partial charge in [-0.15, -0.1) is 0 Å². The number of anilines is 1. The number of rotatable bonds is 2. The van der Waals surface area contributed by atoms with Gasteiger partial charge in [0.05, 0.1) is 6.10 Å². The van der Waals surface area contributed by atoms with Crippen LogP contribution in [0.15, 0.2) is 23.1 Å². The predicted octanol–water partition coefficient (Wildman–Crippen LogP) is 1.37. The van der Waals surface area contributed by atoms with E-state index in [1.807, 2.05) is 12.3 Å². The van der Waals surface area contributed by atoms with Gasteiger partial charge in [-0.3, -0.25) is 4.79 Å². The highest BCUT2D eigenvalue weighted by atomic mass is 16.3. The van der Waals surface area contributed by atoms with E-state index in [0.29, 0.717) is 12.1 Å². The van der Waals surface area contributed by atoms with E-state index >= 15 is 0 Å². The number of aliphatic hydroxyl groups is 1. The zero-order chi connectivity index (χ0) is 11.5. The Morgan fingerprint density at radius 1 is 1.50 bits per heavy atom. The normalized spacial score (nSPS) is 25.4. The minimum atomic E-state index is -0.260. The van der Waals surface area contributed by atoms with E-state index in [9.17, 15) is 9.90 Å². The molecule has 0 aromatic carbocycles. The summed E-state index contributed by atoms with van der Waals surface area (Å²) in [4.78, 5) is 12.0. The summed E-state index contributed by atoms with van der Waals surface area (Å²) >= 11 is 0. The molecule has 1 heterocycles. The summed E-state index contributed by atoms with van der Waals surface area (Å²) in [6.45, 7) is 0. The first-order valence-electron chi connectivity index (χ1n) is 5.79. The van der Waals surface area contributed by atoms with Gasteiger partial charge < -0.3 is 15.0 Å². The molecular weight excluding hydrogens is 204 g/mol. The summed E-state index contributed by atoms with van der Waals surface area (Å²) in [6.07, 6.45) is 5.06. The summed E-state index contributed by atoms with van der Waals surface area (Å²) < 4.78 is 1.74. The van der Waals surface area contributed by atoms with Crippen molar-refractivity contribution in [3.05, 3.63) is 28.7 Å². The van der Waals surface area contributed by atoms with Crippen LogP contribution in [0.2, 0.25) is 0 Å². The monoisotopic (exact) mass is 222 g/mol. The smallest absolute Gasteiger partial charge is 0.274 e. The van der Waals surface area contributed by atoms with Crippen molar-refractivity contribution in [3.8, 4) is 0 Å². The quantitative estimate of drug-likeness (QED) is 0.794. The van der Waals surface area contributed by atoms with Gasteiger partial charge in [-0.05, 0) is 37.8 Å². The number of aliphatic hydroxyl groups excluding tert-OH is 1. The summed E-state index contributed by atoms with van der Waals surface area (Å²) in [5.41, 5.74) is 0.617. The van der Waals surface area contributed by atoms with Gasteiger partial charge in [0.2, 0.25) is 0 Å². The molecule has 1 saturated carbocycles. The highest BCUT2D eigenvalue weighted by Gasteiger charge is 2.22. The van der Waals surface area contributed by atoms with Crippen molar-refractivity contribution in [2.24, 2.45) is 0 Å². The van der Waals surface area contributed by atoms with Crippen molar-refractivity contribution in [3.63, 3.8) is 0 Å². The molecule has 0 saturated heterocycles. The maximum absolute atomic E-state index is 12.0. The molecule has 1 aliphatic rings. The molecule has 4 nitrogen and oxygen atoms in total. The molecule has 1 aliphatic carbocycles. The molecule has 1 aromatic heterocycles. The van der Waals surface area contributed by atoms with Crippen LogP contribution in [0.5, 0.6) is 0 Å². The molecule has 0 amide bonds. The summed E-state index contributed by atoms with van der Waals surface area (Å²) in [5, 5.41) is 12.5. The number of aromatic nitrogens is 1. The third-order valence-electron chi connectivity index (χ3n) is 3.26. The van der Waals surface area contributed by atoms with E-state index in [1.54, 1.807) is 17.7 Å². The molecule has 2 unspecified atom stereocenters. The number of nitrogens with zero attached hydrogens (tertiary/aromatic N) is 1. The Bertz CT molecular complexity index is 414. The molecule has 2 rings (SSSR count). The first-order chi connectivity index (χ1) is 7.72. The molecule has 88 valence electrons. The average Bonchev–Trinajstić information content (AvgIpc) is 2.29. The van der Waals surface area contributed by atoms with E-state index < -0.39 is 0 Å². The van der Waals surface area contributed by atoms with Crippen molar-refractivity contribution >= 4 is 5.69 Å². The summed E-state index contributed by atoms with van der Waals surface area (Å²) in [7, 11) is 1.75. The fraction of sp³-hybridized carbons (Fsp3) is 0.583. The molecule has 2 atom stereocenters. The minimum Gasteiger partial charge on any atom is -0.393 e. The Hall–Kier alpha value is -1.29. The molecule has 0 aliphatic heterocycles. The van der Waals surface area contributed by atoms with Crippen LogP contribution in [0, 0.1) is 0 Å². The first kappa shape index (κ1) is 11.2. The van der Waals surface area contributed by atoms with Crippen LogP contribution < -0.4 is 10.9 Å². The highest BCUT2D eigenvalue weighted by molar-refractivity contribution is 5.39. The predicted molar refractivity (Wildman–Crippen MR) is 63.8 cm³/mol. The van der Waals surface area contributed by atoms with Gasteiger partial charge in [0.15, 0.2) is 0 Å². The number of pyridine rings is 1. The lowest BCUT2D eigenvalue weighted by Gasteiger charge is -2.27. The lowest BCUT2D eigenvalue weighted by atomic mass is 9.93. The van der Waals surface area contributed by atoms with Gasteiger partial charge in [0.1, 0.15) is 5.69 Å². The Kier molecular flexibility index (Phi) is 3.29. The van der Waals surface area contributed by atoms with Crippen LogP contribution >= 0.6 is 0 Å². The second-order valence-electron chi connectivity index (χ2n) is 4.36.